The maximum absolute atomic E-state index is 12.5. The number of nitriles is 1. The zero-order valence-electron chi connectivity index (χ0n) is 19.2. The molecular weight excluding hydrogens is 488 g/mol. The molecule has 0 aliphatic heterocycles. The van der Waals surface area contributed by atoms with Gasteiger partial charge in [-0.3, -0.25) is 10.1 Å². The summed E-state index contributed by atoms with van der Waals surface area (Å²) in [6.07, 6.45) is 1.41. The molecule has 0 unspecified atom stereocenters. The number of aromatic nitrogens is 2. The van der Waals surface area contributed by atoms with Crippen molar-refractivity contribution in [3.8, 4) is 17.6 Å². The lowest BCUT2D eigenvalue weighted by molar-refractivity contribution is -0.112. The van der Waals surface area contributed by atoms with Crippen LogP contribution in [0.3, 0.4) is 0 Å². The van der Waals surface area contributed by atoms with Crippen LogP contribution in [-0.2, 0) is 14.6 Å². The van der Waals surface area contributed by atoms with Gasteiger partial charge in [-0.25, -0.2) is 8.42 Å². The number of nitrogens with one attached hydrogen (secondary N) is 1. The summed E-state index contributed by atoms with van der Waals surface area (Å²) in [6.45, 7) is 4.30. The molecule has 0 fully saturated rings. The van der Waals surface area contributed by atoms with E-state index < -0.39 is 15.7 Å². The molecule has 0 saturated carbocycles. The summed E-state index contributed by atoms with van der Waals surface area (Å²) in [6, 6.07) is 18.1. The van der Waals surface area contributed by atoms with Gasteiger partial charge in [-0.1, -0.05) is 55.5 Å². The Bertz CT molecular complexity index is 1310. The zero-order chi connectivity index (χ0) is 25.3. The summed E-state index contributed by atoms with van der Waals surface area (Å²) in [5.41, 5.74) is 0.443. The average Bonchev–Trinajstić information content (AvgIpc) is 3.30. The van der Waals surface area contributed by atoms with Gasteiger partial charge in [0, 0.05) is 0 Å². The molecule has 182 valence electrons. The molecule has 9 nitrogen and oxygen atoms in total. The molecule has 11 heteroatoms. The van der Waals surface area contributed by atoms with Crippen LogP contribution in [0.2, 0.25) is 0 Å². The van der Waals surface area contributed by atoms with Crippen LogP contribution in [0.4, 0.5) is 5.13 Å². The monoisotopic (exact) mass is 512 g/mol. The van der Waals surface area contributed by atoms with Crippen molar-refractivity contribution in [2.75, 3.05) is 24.3 Å². The number of para-hydroxylation sites is 1. The van der Waals surface area contributed by atoms with Crippen LogP contribution in [0.15, 0.2) is 64.5 Å². The van der Waals surface area contributed by atoms with Gasteiger partial charge >= 0.3 is 0 Å². The first-order valence-electron chi connectivity index (χ1n) is 10.7. The van der Waals surface area contributed by atoms with E-state index in [1.165, 1.54) is 6.08 Å². The van der Waals surface area contributed by atoms with Gasteiger partial charge in [0.2, 0.25) is 19.3 Å². The summed E-state index contributed by atoms with van der Waals surface area (Å²) >= 11 is 0.749. The Hall–Kier alpha value is -3.75. The molecule has 1 amide bonds. The first kappa shape index (κ1) is 25.9. The molecule has 35 heavy (non-hydrogen) atoms. The Balaban J connectivity index is 1.56. The van der Waals surface area contributed by atoms with Gasteiger partial charge in [0.1, 0.15) is 36.4 Å². The number of rotatable bonds is 11. The third kappa shape index (κ3) is 7.91. The highest BCUT2D eigenvalue weighted by atomic mass is 32.2. The van der Waals surface area contributed by atoms with Gasteiger partial charge < -0.3 is 9.47 Å². The standard InChI is InChI=1S/C24H24N4O5S2/c1-17(2)16-35(30,31)24-28-27-23(34-24)26-22(29)19(15-25)14-18-8-10-21(11-9-18)33-13-12-32-20-6-4-3-5-7-20/h3-11,14,17H,12-13,16H2,1-2H3,(H,26,27,29)/b19-14-. The quantitative estimate of drug-likeness (QED) is 0.177. The first-order valence-corrected chi connectivity index (χ1v) is 13.1. The number of nitrogens with zero attached hydrogens (tertiary/aromatic N) is 3. The molecule has 3 aromatic rings. The summed E-state index contributed by atoms with van der Waals surface area (Å²) in [5.74, 6) is 0.523. The predicted molar refractivity (Wildman–Crippen MR) is 133 cm³/mol. The number of carbonyl (C=O) groups is 1. The Morgan fingerprint density at radius 1 is 1.06 bits per heavy atom. The highest BCUT2D eigenvalue weighted by Crippen LogP contribution is 2.23. The number of anilines is 1. The summed E-state index contributed by atoms with van der Waals surface area (Å²) in [4.78, 5) is 12.5. The molecule has 0 radical (unpaired) electrons. The lowest BCUT2D eigenvalue weighted by Crippen LogP contribution is -2.13. The van der Waals surface area contributed by atoms with Crippen molar-refractivity contribution in [2.45, 2.75) is 18.2 Å². The molecular formula is C24H24N4O5S2. The third-order valence-corrected chi connectivity index (χ3v) is 7.73. The summed E-state index contributed by atoms with van der Waals surface area (Å²) in [5, 5.41) is 19.2. The van der Waals surface area contributed by atoms with E-state index in [0.717, 1.165) is 17.1 Å². The van der Waals surface area contributed by atoms with E-state index in [1.54, 1.807) is 38.1 Å². The second-order valence-electron chi connectivity index (χ2n) is 7.75. The molecule has 2 aromatic carbocycles. The first-order chi connectivity index (χ1) is 16.8. The SMILES string of the molecule is CC(C)CS(=O)(=O)c1nnc(NC(=O)/C(C#N)=C\c2ccc(OCCOc3ccccc3)cc2)s1. The molecule has 1 heterocycles. The van der Waals surface area contributed by atoms with Crippen molar-refractivity contribution in [3.05, 3.63) is 65.7 Å². The van der Waals surface area contributed by atoms with Crippen molar-refractivity contribution in [1.82, 2.24) is 10.2 Å². The van der Waals surface area contributed by atoms with E-state index in [-0.39, 0.29) is 26.7 Å². The van der Waals surface area contributed by atoms with Gasteiger partial charge in [0.25, 0.3) is 5.91 Å². The van der Waals surface area contributed by atoms with Gasteiger partial charge in [0.15, 0.2) is 0 Å². The maximum Gasteiger partial charge on any atom is 0.268 e. The fraction of sp³-hybridized carbons (Fsp3) is 0.250. The number of benzene rings is 2. The van der Waals surface area contributed by atoms with Crippen molar-refractivity contribution in [1.29, 1.82) is 5.26 Å². The average molecular weight is 513 g/mol. The third-order valence-electron chi connectivity index (χ3n) is 4.37. The van der Waals surface area contributed by atoms with Gasteiger partial charge in [-0.15, -0.1) is 10.2 Å². The van der Waals surface area contributed by atoms with Gasteiger partial charge in [0.05, 0.1) is 5.75 Å². The number of carbonyl (C=O) groups excluding carboxylic acids is 1. The van der Waals surface area contributed by atoms with E-state index in [1.807, 2.05) is 36.4 Å². The second kappa shape index (κ2) is 12.1. The Morgan fingerprint density at radius 2 is 1.69 bits per heavy atom. The normalized spacial score (nSPS) is 11.7. The van der Waals surface area contributed by atoms with Crippen LogP contribution in [0.25, 0.3) is 6.08 Å². The molecule has 0 spiro atoms. The van der Waals surface area contributed by atoms with Crippen LogP contribution in [-0.4, -0.2) is 43.5 Å². The Kier molecular flexibility index (Phi) is 8.94. The Labute approximate surface area is 208 Å². The summed E-state index contributed by atoms with van der Waals surface area (Å²) in [7, 11) is -3.58. The molecule has 0 aliphatic rings. The van der Waals surface area contributed by atoms with Crippen LogP contribution >= 0.6 is 11.3 Å². The van der Waals surface area contributed by atoms with Crippen LogP contribution < -0.4 is 14.8 Å². The lowest BCUT2D eigenvalue weighted by Gasteiger charge is -2.08. The number of hydrogen-bond acceptors (Lipinski definition) is 9. The number of hydrogen-bond donors (Lipinski definition) is 1. The van der Waals surface area contributed by atoms with Crippen molar-refractivity contribution in [2.24, 2.45) is 5.92 Å². The molecule has 1 N–H and O–H groups in total. The highest BCUT2D eigenvalue weighted by molar-refractivity contribution is 7.93. The number of sulfone groups is 1. The van der Waals surface area contributed by atoms with Crippen molar-refractivity contribution in [3.63, 3.8) is 0 Å². The zero-order valence-corrected chi connectivity index (χ0v) is 20.8. The molecule has 0 bridgehead atoms. The largest absolute Gasteiger partial charge is 0.490 e. The molecule has 0 saturated heterocycles. The number of ether oxygens (including phenoxy) is 2. The minimum atomic E-state index is -3.58. The fourth-order valence-electron chi connectivity index (χ4n) is 2.87. The molecule has 0 atom stereocenters. The smallest absolute Gasteiger partial charge is 0.268 e. The highest BCUT2D eigenvalue weighted by Gasteiger charge is 2.22. The number of amides is 1. The van der Waals surface area contributed by atoms with E-state index in [0.29, 0.717) is 24.5 Å². The van der Waals surface area contributed by atoms with Gasteiger partial charge in [-0.05, 0) is 41.8 Å². The van der Waals surface area contributed by atoms with E-state index in [4.69, 9.17) is 9.47 Å². The Morgan fingerprint density at radius 3 is 2.29 bits per heavy atom. The van der Waals surface area contributed by atoms with Crippen LogP contribution in [0.5, 0.6) is 11.5 Å². The topological polar surface area (TPSA) is 131 Å². The minimum Gasteiger partial charge on any atom is -0.490 e. The fourth-order valence-corrected chi connectivity index (χ4v) is 5.48. The lowest BCUT2D eigenvalue weighted by atomic mass is 10.1. The summed E-state index contributed by atoms with van der Waals surface area (Å²) < 4.78 is 35.6. The second-order valence-corrected chi connectivity index (χ2v) is 10.9. The molecule has 1 aromatic heterocycles. The minimum absolute atomic E-state index is 0.0000457. The molecule has 3 rings (SSSR count). The maximum atomic E-state index is 12.5. The molecule has 0 aliphatic carbocycles. The van der Waals surface area contributed by atoms with Crippen LogP contribution in [0, 0.1) is 17.2 Å². The van der Waals surface area contributed by atoms with Crippen molar-refractivity contribution >= 4 is 38.3 Å². The van der Waals surface area contributed by atoms with E-state index >= 15 is 0 Å². The van der Waals surface area contributed by atoms with E-state index in [2.05, 4.69) is 15.5 Å². The van der Waals surface area contributed by atoms with Crippen LogP contribution in [0.1, 0.15) is 19.4 Å². The predicted octanol–water partition coefficient (Wildman–Crippen LogP) is 3.97. The van der Waals surface area contributed by atoms with E-state index in [9.17, 15) is 18.5 Å². The van der Waals surface area contributed by atoms with Gasteiger partial charge in [-0.2, -0.15) is 5.26 Å². The van der Waals surface area contributed by atoms with Crippen molar-refractivity contribution < 1.29 is 22.7 Å².